The van der Waals surface area contributed by atoms with Crippen LogP contribution in [0, 0.1) is 0 Å². The van der Waals surface area contributed by atoms with E-state index in [-0.39, 0.29) is 6.04 Å². The average molecular weight is 281 g/mol. The second-order valence-corrected chi connectivity index (χ2v) is 4.97. The van der Waals surface area contributed by atoms with Gasteiger partial charge in [-0.2, -0.15) is 5.10 Å². The number of rotatable bonds is 5. The molecule has 1 unspecified atom stereocenters. The Labute approximate surface area is 124 Å². The molecule has 0 aliphatic heterocycles. The quantitative estimate of drug-likeness (QED) is 0.781. The summed E-state index contributed by atoms with van der Waals surface area (Å²) in [6.45, 7) is 0.754. The van der Waals surface area contributed by atoms with Crippen LogP contribution in [0.2, 0.25) is 0 Å². The van der Waals surface area contributed by atoms with Gasteiger partial charge in [0.05, 0.1) is 31.4 Å². The summed E-state index contributed by atoms with van der Waals surface area (Å²) in [7, 11) is 3.66. The molecule has 4 heteroatoms. The molecule has 0 aliphatic rings. The number of nitrogens with one attached hydrogen (secondary N) is 1. The van der Waals surface area contributed by atoms with Crippen molar-refractivity contribution in [2.45, 2.75) is 12.6 Å². The third kappa shape index (κ3) is 2.62. The zero-order valence-electron chi connectivity index (χ0n) is 12.3. The van der Waals surface area contributed by atoms with Crippen molar-refractivity contribution in [3.8, 4) is 5.75 Å². The first kappa shape index (κ1) is 13.6. The Bertz CT molecular complexity index is 735. The Morgan fingerprint density at radius 3 is 2.71 bits per heavy atom. The van der Waals surface area contributed by atoms with Crippen LogP contribution in [-0.2, 0) is 6.54 Å². The van der Waals surface area contributed by atoms with Crippen LogP contribution < -0.4 is 10.1 Å². The number of likely N-dealkylation sites (N-methyl/N-ethyl adjacent to an activating group) is 1. The van der Waals surface area contributed by atoms with E-state index < -0.39 is 0 Å². The summed E-state index contributed by atoms with van der Waals surface area (Å²) in [5.41, 5.74) is 2.29. The molecule has 0 aliphatic carbocycles. The highest BCUT2D eigenvalue weighted by molar-refractivity contribution is 5.78. The molecular weight excluding hydrogens is 262 g/mol. The third-order valence-electron chi connectivity index (χ3n) is 3.77. The molecule has 2 aromatic carbocycles. The van der Waals surface area contributed by atoms with E-state index in [4.69, 9.17) is 4.74 Å². The number of hydrogen-bond donors (Lipinski definition) is 1. The number of hydrogen-bond acceptors (Lipinski definition) is 3. The molecule has 0 fully saturated rings. The summed E-state index contributed by atoms with van der Waals surface area (Å²) in [6, 6.07) is 16.5. The smallest absolute Gasteiger partial charge is 0.123 e. The summed E-state index contributed by atoms with van der Waals surface area (Å²) in [4.78, 5) is 0. The zero-order valence-corrected chi connectivity index (χ0v) is 12.3. The average Bonchev–Trinajstić information content (AvgIpc) is 2.95. The van der Waals surface area contributed by atoms with Gasteiger partial charge < -0.3 is 10.1 Å². The summed E-state index contributed by atoms with van der Waals surface area (Å²) < 4.78 is 7.50. The van der Waals surface area contributed by atoms with E-state index in [1.165, 1.54) is 0 Å². The molecule has 108 valence electrons. The van der Waals surface area contributed by atoms with E-state index in [0.717, 1.165) is 28.8 Å². The topological polar surface area (TPSA) is 39.1 Å². The largest absolute Gasteiger partial charge is 0.496 e. The van der Waals surface area contributed by atoms with Crippen LogP contribution in [0.1, 0.15) is 11.6 Å². The van der Waals surface area contributed by atoms with Crippen LogP contribution in [-0.4, -0.2) is 23.9 Å². The van der Waals surface area contributed by atoms with Crippen molar-refractivity contribution in [3.63, 3.8) is 0 Å². The van der Waals surface area contributed by atoms with Crippen LogP contribution in [0.15, 0.2) is 54.7 Å². The van der Waals surface area contributed by atoms with Gasteiger partial charge in [0.15, 0.2) is 0 Å². The molecule has 21 heavy (non-hydrogen) atoms. The van der Waals surface area contributed by atoms with E-state index in [1.807, 2.05) is 48.3 Å². The molecule has 1 N–H and O–H groups in total. The fraction of sp³-hybridized carbons (Fsp3) is 0.235. The summed E-state index contributed by atoms with van der Waals surface area (Å²) in [5, 5.41) is 9.01. The molecule has 0 spiro atoms. The number of nitrogens with zero attached hydrogens (tertiary/aromatic N) is 2. The predicted octanol–water partition coefficient (Wildman–Crippen LogP) is 3.01. The van der Waals surface area contributed by atoms with Gasteiger partial charge in [0.2, 0.25) is 0 Å². The molecular formula is C17H19N3O. The first-order valence-electron chi connectivity index (χ1n) is 7.04. The van der Waals surface area contributed by atoms with Gasteiger partial charge in [0, 0.05) is 10.9 Å². The van der Waals surface area contributed by atoms with Gasteiger partial charge in [-0.15, -0.1) is 0 Å². The molecule has 1 atom stereocenters. The number of fused-ring (bicyclic) bond motifs is 1. The van der Waals surface area contributed by atoms with Gasteiger partial charge in [-0.3, -0.25) is 4.68 Å². The molecule has 0 saturated carbocycles. The van der Waals surface area contributed by atoms with E-state index in [0.29, 0.717) is 0 Å². The second-order valence-electron chi connectivity index (χ2n) is 4.97. The van der Waals surface area contributed by atoms with Crippen LogP contribution in [0.5, 0.6) is 5.75 Å². The first-order valence-corrected chi connectivity index (χ1v) is 7.04. The number of methoxy groups -OCH3 is 1. The van der Waals surface area contributed by atoms with Crippen molar-refractivity contribution in [1.29, 1.82) is 0 Å². The Balaban J connectivity index is 1.94. The van der Waals surface area contributed by atoms with Crippen LogP contribution in [0.4, 0.5) is 0 Å². The standard InChI is InChI=1S/C17H19N3O/c1-18-15(14-8-4-6-10-17(14)21-2)12-20-16-9-5-3-7-13(16)11-19-20/h3-11,15,18H,12H2,1-2H3. The lowest BCUT2D eigenvalue weighted by Gasteiger charge is -2.19. The van der Waals surface area contributed by atoms with Crippen LogP contribution >= 0.6 is 0 Å². The van der Waals surface area contributed by atoms with Gasteiger partial charge in [-0.05, 0) is 19.2 Å². The fourth-order valence-corrected chi connectivity index (χ4v) is 2.64. The van der Waals surface area contributed by atoms with Gasteiger partial charge in [0.1, 0.15) is 5.75 Å². The number of para-hydroxylation sites is 2. The van der Waals surface area contributed by atoms with Crippen molar-refractivity contribution >= 4 is 10.9 Å². The first-order chi connectivity index (χ1) is 10.3. The van der Waals surface area contributed by atoms with Crippen molar-refractivity contribution < 1.29 is 4.74 Å². The fourth-order valence-electron chi connectivity index (χ4n) is 2.64. The third-order valence-corrected chi connectivity index (χ3v) is 3.77. The van der Waals surface area contributed by atoms with Gasteiger partial charge in [-0.1, -0.05) is 36.4 Å². The molecule has 1 aromatic heterocycles. The lowest BCUT2D eigenvalue weighted by molar-refractivity contribution is 0.392. The normalized spacial score (nSPS) is 12.5. The molecule has 3 rings (SSSR count). The van der Waals surface area contributed by atoms with E-state index in [9.17, 15) is 0 Å². The lowest BCUT2D eigenvalue weighted by Crippen LogP contribution is -2.23. The monoisotopic (exact) mass is 281 g/mol. The maximum absolute atomic E-state index is 5.47. The summed E-state index contributed by atoms with van der Waals surface area (Å²) >= 11 is 0. The minimum Gasteiger partial charge on any atom is -0.496 e. The SMILES string of the molecule is CNC(Cn1ncc2ccccc21)c1ccccc1OC. The minimum atomic E-state index is 0.143. The Morgan fingerprint density at radius 2 is 1.90 bits per heavy atom. The molecule has 0 radical (unpaired) electrons. The minimum absolute atomic E-state index is 0.143. The maximum atomic E-state index is 5.47. The predicted molar refractivity (Wildman–Crippen MR) is 84.5 cm³/mol. The van der Waals surface area contributed by atoms with Crippen LogP contribution in [0.3, 0.4) is 0 Å². The zero-order chi connectivity index (χ0) is 14.7. The van der Waals surface area contributed by atoms with Gasteiger partial charge in [-0.25, -0.2) is 0 Å². The Hall–Kier alpha value is -2.33. The van der Waals surface area contributed by atoms with E-state index in [2.05, 4.69) is 28.6 Å². The number of ether oxygens (including phenoxy) is 1. The highest BCUT2D eigenvalue weighted by Gasteiger charge is 2.16. The summed E-state index contributed by atoms with van der Waals surface area (Å²) in [5.74, 6) is 0.897. The van der Waals surface area contributed by atoms with Crippen molar-refractivity contribution in [2.75, 3.05) is 14.2 Å². The van der Waals surface area contributed by atoms with Gasteiger partial charge in [0.25, 0.3) is 0 Å². The van der Waals surface area contributed by atoms with Gasteiger partial charge >= 0.3 is 0 Å². The highest BCUT2D eigenvalue weighted by atomic mass is 16.5. The van der Waals surface area contributed by atoms with Crippen molar-refractivity contribution in [1.82, 2.24) is 15.1 Å². The van der Waals surface area contributed by atoms with Crippen molar-refractivity contribution in [2.24, 2.45) is 0 Å². The summed E-state index contributed by atoms with van der Waals surface area (Å²) in [6.07, 6.45) is 1.91. The molecule has 3 aromatic rings. The molecule has 1 heterocycles. The molecule has 4 nitrogen and oxygen atoms in total. The molecule has 0 bridgehead atoms. The van der Waals surface area contributed by atoms with Crippen LogP contribution in [0.25, 0.3) is 10.9 Å². The Morgan fingerprint density at radius 1 is 1.14 bits per heavy atom. The molecule has 0 saturated heterocycles. The Kier molecular flexibility index (Phi) is 3.88. The van der Waals surface area contributed by atoms with E-state index in [1.54, 1.807) is 7.11 Å². The highest BCUT2D eigenvalue weighted by Crippen LogP contribution is 2.26. The van der Waals surface area contributed by atoms with Crippen molar-refractivity contribution in [3.05, 3.63) is 60.3 Å². The maximum Gasteiger partial charge on any atom is 0.123 e. The number of benzene rings is 2. The number of aromatic nitrogens is 2. The second kappa shape index (κ2) is 5.97. The molecule has 0 amide bonds. The lowest BCUT2D eigenvalue weighted by atomic mass is 10.1. The van der Waals surface area contributed by atoms with E-state index >= 15 is 0 Å².